The first-order valence-electron chi connectivity index (χ1n) is 6.98. The van der Waals surface area contributed by atoms with Gasteiger partial charge in [-0.1, -0.05) is 53.6 Å². The van der Waals surface area contributed by atoms with Gasteiger partial charge in [-0.2, -0.15) is 5.10 Å². The number of nitrogens with zero attached hydrogens (tertiary/aromatic N) is 2. The van der Waals surface area contributed by atoms with E-state index in [9.17, 15) is 0 Å². The lowest BCUT2D eigenvalue weighted by atomic mass is 10.1. The Morgan fingerprint density at radius 3 is 2.27 bits per heavy atom. The van der Waals surface area contributed by atoms with E-state index in [0.29, 0.717) is 23.1 Å². The van der Waals surface area contributed by atoms with E-state index in [1.807, 2.05) is 60.1 Å². The van der Waals surface area contributed by atoms with Gasteiger partial charge in [-0.25, -0.2) is 0 Å². The fourth-order valence-corrected chi connectivity index (χ4v) is 2.51. The van der Waals surface area contributed by atoms with Crippen LogP contribution in [0.4, 0.5) is 11.5 Å². The summed E-state index contributed by atoms with van der Waals surface area (Å²) in [6, 6.07) is 15.8. The Hall–Kier alpha value is -2.46. The minimum atomic E-state index is 0.351. The molecule has 1 aromatic heterocycles. The zero-order valence-electron chi connectivity index (χ0n) is 12.3. The highest BCUT2D eigenvalue weighted by Crippen LogP contribution is 2.31. The molecule has 3 aromatic rings. The molecule has 0 aliphatic carbocycles. The number of aryl methyl sites for hydroxylation is 1. The summed E-state index contributed by atoms with van der Waals surface area (Å²) in [5, 5.41) is 5.07. The van der Waals surface area contributed by atoms with Gasteiger partial charge in [0.05, 0.1) is 12.2 Å². The van der Waals surface area contributed by atoms with E-state index in [0.717, 1.165) is 16.8 Å². The van der Waals surface area contributed by atoms with Gasteiger partial charge in [0.25, 0.3) is 0 Å². The molecule has 0 unspecified atom stereocenters. The molecular weight excluding hydrogens is 296 g/mol. The molecule has 0 saturated heterocycles. The van der Waals surface area contributed by atoms with Crippen molar-refractivity contribution in [2.45, 2.75) is 13.5 Å². The average molecular weight is 313 g/mol. The van der Waals surface area contributed by atoms with Gasteiger partial charge < -0.3 is 11.5 Å². The second-order valence-corrected chi connectivity index (χ2v) is 5.73. The van der Waals surface area contributed by atoms with Gasteiger partial charge in [0.2, 0.25) is 0 Å². The zero-order chi connectivity index (χ0) is 15.7. The third-order valence-electron chi connectivity index (χ3n) is 3.59. The molecule has 112 valence electrons. The van der Waals surface area contributed by atoms with Gasteiger partial charge in [0.1, 0.15) is 5.69 Å². The Morgan fingerprint density at radius 2 is 1.64 bits per heavy atom. The molecule has 4 nitrogen and oxygen atoms in total. The van der Waals surface area contributed by atoms with Crippen LogP contribution in [0.5, 0.6) is 0 Å². The van der Waals surface area contributed by atoms with Crippen molar-refractivity contribution >= 4 is 23.1 Å². The van der Waals surface area contributed by atoms with Crippen molar-refractivity contribution in [3.05, 3.63) is 64.7 Å². The lowest BCUT2D eigenvalue weighted by molar-refractivity contribution is 0.698. The summed E-state index contributed by atoms with van der Waals surface area (Å²) in [5.41, 5.74) is 16.7. The van der Waals surface area contributed by atoms with E-state index >= 15 is 0 Å². The van der Waals surface area contributed by atoms with Crippen molar-refractivity contribution in [3.8, 4) is 11.3 Å². The largest absolute Gasteiger partial charge is 0.394 e. The molecule has 3 rings (SSSR count). The van der Waals surface area contributed by atoms with E-state index in [-0.39, 0.29) is 0 Å². The average Bonchev–Trinajstić information content (AvgIpc) is 2.77. The maximum atomic E-state index is 6.12. The van der Waals surface area contributed by atoms with Gasteiger partial charge in [-0.15, -0.1) is 0 Å². The SMILES string of the molecule is Cc1ccc(-c2c(N)c(N)nn2Cc2ccc(Cl)cc2)cc1. The summed E-state index contributed by atoms with van der Waals surface area (Å²) in [6.45, 7) is 2.63. The van der Waals surface area contributed by atoms with Crippen LogP contribution >= 0.6 is 11.6 Å². The summed E-state index contributed by atoms with van der Waals surface area (Å²) < 4.78 is 1.83. The lowest BCUT2D eigenvalue weighted by Crippen LogP contribution is -2.04. The third-order valence-corrected chi connectivity index (χ3v) is 3.84. The Bertz CT molecular complexity index is 789. The third kappa shape index (κ3) is 2.78. The molecule has 0 atom stereocenters. The van der Waals surface area contributed by atoms with Crippen LogP contribution in [0.25, 0.3) is 11.3 Å². The topological polar surface area (TPSA) is 69.9 Å². The van der Waals surface area contributed by atoms with Crippen LogP contribution < -0.4 is 11.5 Å². The van der Waals surface area contributed by atoms with E-state index in [4.69, 9.17) is 23.1 Å². The van der Waals surface area contributed by atoms with Gasteiger partial charge in [0, 0.05) is 10.6 Å². The molecule has 0 radical (unpaired) electrons. The Labute approximate surface area is 134 Å². The highest BCUT2D eigenvalue weighted by molar-refractivity contribution is 6.30. The molecule has 0 aliphatic rings. The standard InChI is InChI=1S/C17H17ClN4/c1-11-2-6-13(7-3-11)16-15(19)17(20)21-22(16)10-12-4-8-14(18)9-5-12/h2-9H,10,19H2,1H3,(H2,20,21). The minimum absolute atomic E-state index is 0.351. The van der Waals surface area contributed by atoms with Gasteiger partial charge >= 0.3 is 0 Å². The van der Waals surface area contributed by atoms with Crippen LogP contribution in [-0.2, 0) is 6.54 Å². The van der Waals surface area contributed by atoms with Crippen molar-refractivity contribution in [3.63, 3.8) is 0 Å². The maximum Gasteiger partial charge on any atom is 0.169 e. The van der Waals surface area contributed by atoms with Crippen molar-refractivity contribution < 1.29 is 0 Å². The molecule has 0 saturated carbocycles. The summed E-state index contributed by atoms with van der Waals surface area (Å²) in [7, 11) is 0. The molecule has 0 amide bonds. The van der Waals surface area contributed by atoms with Crippen LogP contribution in [0, 0.1) is 6.92 Å². The number of halogens is 1. The van der Waals surface area contributed by atoms with Crippen LogP contribution in [0.15, 0.2) is 48.5 Å². The normalized spacial score (nSPS) is 10.8. The lowest BCUT2D eigenvalue weighted by Gasteiger charge is -2.09. The second-order valence-electron chi connectivity index (χ2n) is 5.30. The van der Waals surface area contributed by atoms with E-state index in [1.54, 1.807) is 0 Å². The van der Waals surface area contributed by atoms with Crippen LogP contribution in [-0.4, -0.2) is 9.78 Å². The van der Waals surface area contributed by atoms with Crippen LogP contribution in [0.1, 0.15) is 11.1 Å². The summed E-state index contributed by atoms with van der Waals surface area (Å²) in [5.74, 6) is 0.351. The molecule has 0 spiro atoms. The molecule has 0 fully saturated rings. The quantitative estimate of drug-likeness (QED) is 0.774. The monoisotopic (exact) mass is 312 g/mol. The zero-order valence-corrected chi connectivity index (χ0v) is 13.0. The smallest absolute Gasteiger partial charge is 0.169 e. The van der Waals surface area contributed by atoms with E-state index in [2.05, 4.69) is 5.10 Å². The number of nitrogens with two attached hydrogens (primary N) is 2. The molecule has 0 bridgehead atoms. The fourth-order valence-electron chi connectivity index (χ4n) is 2.39. The Morgan fingerprint density at radius 1 is 1.00 bits per heavy atom. The number of hydrogen-bond donors (Lipinski definition) is 2. The van der Waals surface area contributed by atoms with Crippen LogP contribution in [0.2, 0.25) is 5.02 Å². The number of rotatable bonds is 3. The molecule has 2 aromatic carbocycles. The summed E-state index contributed by atoms with van der Waals surface area (Å²) >= 11 is 5.92. The van der Waals surface area contributed by atoms with Crippen molar-refractivity contribution in [1.82, 2.24) is 9.78 Å². The molecule has 0 aliphatic heterocycles. The van der Waals surface area contributed by atoms with E-state index in [1.165, 1.54) is 5.56 Å². The first-order chi connectivity index (χ1) is 10.5. The molecule has 22 heavy (non-hydrogen) atoms. The summed E-state index contributed by atoms with van der Waals surface area (Å²) in [6.07, 6.45) is 0. The minimum Gasteiger partial charge on any atom is -0.394 e. The Balaban J connectivity index is 2.03. The second kappa shape index (κ2) is 5.73. The number of benzene rings is 2. The molecule has 1 heterocycles. The van der Waals surface area contributed by atoms with Gasteiger partial charge in [-0.3, -0.25) is 4.68 Å². The van der Waals surface area contributed by atoms with Crippen molar-refractivity contribution in [2.24, 2.45) is 0 Å². The van der Waals surface area contributed by atoms with Gasteiger partial charge in [0.15, 0.2) is 5.82 Å². The highest BCUT2D eigenvalue weighted by atomic mass is 35.5. The molecule has 5 heteroatoms. The maximum absolute atomic E-state index is 6.12. The summed E-state index contributed by atoms with van der Waals surface area (Å²) in [4.78, 5) is 0. The van der Waals surface area contributed by atoms with E-state index < -0.39 is 0 Å². The Kier molecular flexibility index (Phi) is 3.77. The number of anilines is 2. The number of hydrogen-bond acceptors (Lipinski definition) is 3. The number of nitrogen functional groups attached to an aromatic ring is 2. The van der Waals surface area contributed by atoms with Crippen molar-refractivity contribution in [2.75, 3.05) is 11.5 Å². The predicted octanol–water partition coefficient (Wildman–Crippen LogP) is 3.72. The highest BCUT2D eigenvalue weighted by Gasteiger charge is 2.15. The van der Waals surface area contributed by atoms with Gasteiger partial charge in [-0.05, 0) is 24.6 Å². The number of aromatic nitrogens is 2. The van der Waals surface area contributed by atoms with Crippen LogP contribution in [0.3, 0.4) is 0 Å². The first-order valence-corrected chi connectivity index (χ1v) is 7.35. The van der Waals surface area contributed by atoms with Crippen molar-refractivity contribution in [1.29, 1.82) is 0 Å². The first kappa shape index (κ1) is 14.5. The molecular formula is C17H17ClN4. The predicted molar refractivity (Wildman–Crippen MR) is 91.8 cm³/mol. The fraction of sp³-hybridized carbons (Fsp3) is 0.118. The molecule has 4 N–H and O–H groups in total.